The average molecular weight is 340 g/mol. The van der Waals surface area contributed by atoms with Gasteiger partial charge in [0.05, 0.1) is 10.2 Å². The zero-order chi connectivity index (χ0) is 17.3. The van der Waals surface area contributed by atoms with Crippen molar-refractivity contribution in [2.75, 3.05) is 11.9 Å². The van der Waals surface area contributed by atoms with Gasteiger partial charge in [0.2, 0.25) is 0 Å². The molecule has 0 radical (unpaired) electrons. The molecule has 4 nitrogen and oxygen atoms in total. The molecule has 0 spiro atoms. The molecule has 0 aliphatic carbocycles. The average Bonchev–Trinajstić information content (AvgIpc) is 2.89. The van der Waals surface area contributed by atoms with Crippen molar-refractivity contribution in [3.05, 3.63) is 52.6 Å². The Kier molecular flexibility index (Phi) is 4.53. The quantitative estimate of drug-likeness (QED) is 0.758. The summed E-state index contributed by atoms with van der Waals surface area (Å²) in [5.41, 5.74) is 5.30. The first-order chi connectivity index (χ1) is 11.4. The Hall–Kier alpha value is -2.40. The number of benzene rings is 2. The maximum Gasteiger partial charge on any atom is 0.264 e. The number of aryl methyl sites for hydroxylation is 4. The summed E-state index contributed by atoms with van der Waals surface area (Å²) >= 11 is 1.48. The first-order valence-electron chi connectivity index (χ1n) is 7.80. The van der Waals surface area contributed by atoms with Crippen LogP contribution in [0.1, 0.15) is 22.3 Å². The number of para-hydroxylation sites is 1. The molecule has 3 rings (SSSR count). The van der Waals surface area contributed by atoms with Gasteiger partial charge in [0, 0.05) is 0 Å². The molecule has 0 saturated heterocycles. The van der Waals surface area contributed by atoms with Gasteiger partial charge in [0.25, 0.3) is 5.91 Å². The fourth-order valence-corrected chi connectivity index (χ4v) is 3.80. The summed E-state index contributed by atoms with van der Waals surface area (Å²) in [6, 6.07) is 10.1. The predicted octanol–water partition coefficient (Wildman–Crippen LogP) is 4.55. The van der Waals surface area contributed by atoms with Crippen LogP contribution in [0.25, 0.3) is 10.2 Å². The lowest BCUT2D eigenvalue weighted by molar-refractivity contribution is -0.118. The number of aromatic nitrogens is 1. The minimum absolute atomic E-state index is 0.0281. The van der Waals surface area contributed by atoms with Gasteiger partial charge in [-0.1, -0.05) is 35.6 Å². The van der Waals surface area contributed by atoms with Crippen LogP contribution in [-0.2, 0) is 4.79 Å². The van der Waals surface area contributed by atoms with E-state index in [0.29, 0.717) is 5.13 Å². The Labute approximate surface area is 145 Å². The van der Waals surface area contributed by atoms with Gasteiger partial charge in [-0.25, -0.2) is 4.98 Å². The second-order valence-electron chi connectivity index (χ2n) is 6.01. The molecule has 0 unspecified atom stereocenters. The minimum Gasteiger partial charge on any atom is -0.483 e. The van der Waals surface area contributed by atoms with Crippen LogP contribution in [0.4, 0.5) is 5.13 Å². The predicted molar refractivity (Wildman–Crippen MR) is 99.1 cm³/mol. The fraction of sp³-hybridized carbons (Fsp3) is 0.263. The van der Waals surface area contributed by atoms with E-state index < -0.39 is 0 Å². The monoisotopic (exact) mass is 340 g/mol. The molecule has 0 fully saturated rings. The highest BCUT2D eigenvalue weighted by atomic mass is 32.1. The molecular weight excluding hydrogens is 320 g/mol. The van der Waals surface area contributed by atoms with Crippen molar-refractivity contribution in [2.24, 2.45) is 0 Å². The Morgan fingerprint density at radius 3 is 2.54 bits per heavy atom. The van der Waals surface area contributed by atoms with Crippen LogP contribution >= 0.6 is 11.3 Å². The molecule has 1 N–H and O–H groups in total. The second-order valence-corrected chi connectivity index (χ2v) is 7.04. The fourth-order valence-electron chi connectivity index (χ4n) is 2.74. The van der Waals surface area contributed by atoms with Gasteiger partial charge in [-0.3, -0.25) is 10.1 Å². The zero-order valence-corrected chi connectivity index (χ0v) is 15.1. The van der Waals surface area contributed by atoms with Gasteiger partial charge in [-0.15, -0.1) is 0 Å². The summed E-state index contributed by atoms with van der Waals surface area (Å²) < 4.78 is 6.77. The van der Waals surface area contributed by atoms with Crippen LogP contribution in [0.5, 0.6) is 5.75 Å². The molecule has 1 aromatic heterocycles. The molecular formula is C19H20N2O2S. The molecule has 3 aromatic rings. The molecule has 5 heteroatoms. The lowest BCUT2D eigenvalue weighted by Gasteiger charge is -2.11. The summed E-state index contributed by atoms with van der Waals surface area (Å²) in [6.45, 7) is 8.00. The summed E-state index contributed by atoms with van der Waals surface area (Å²) in [6.07, 6.45) is 0. The summed E-state index contributed by atoms with van der Waals surface area (Å²) in [7, 11) is 0. The van der Waals surface area contributed by atoms with Crippen LogP contribution in [0.2, 0.25) is 0 Å². The Morgan fingerprint density at radius 2 is 1.83 bits per heavy atom. The highest BCUT2D eigenvalue weighted by Crippen LogP contribution is 2.29. The van der Waals surface area contributed by atoms with E-state index in [4.69, 9.17) is 4.74 Å². The van der Waals surface area contributed by atoms with E-state index in [-0.39, 0.29) is 12.5 Å². The minimum atomic E-state index is -0.203. The van der Waals surface area contributed by atoms with Crippen molar-refractivity contribution in [1.82, 2.24) is 4.98 Å². The molecule has 0 bridgehead atoms. The summed E-state index contributed by atoms with van der Waals surface area (Å²) in [4.78, 5) is 16.7. The number of carbonyl (C=O) groups excluding carboxylic acids is 1. The third kappa shape index (κ3) is 3.41. The number of anilines is 1. The Bertz CT molecular complexity index is 895. The van der Waals surface area contributed by atoms with E-state index in [9.17, 15) is 4.79 Å². The normalized spacial score (nSPS) is 10.8. The van der Waals surface area contributed by atoms with E-state index in [2.05, 4.69) is 29.4 Å². The molecule has 124 valence electrons. The number of carbonyl (C=O) groups is 1. The SMILES string of the molecule is Cc1cc(C)c2nc(NC(=O)COc3c(C)cccc3C)sc2c1. The number of hydrogen-bond donors (Lipinski definition) is 1. The maximum atomic E-state index is 12.2. The lowest BCUT2D eigenvalue weighted by Crippen LogP contribution is -2.20. The standard InChI is InChI=1S/C19H20N2O2S/c1-11-8-14(4)17-15(9-11)24-19(21-17)20-16(22)10-23-18-12(2)6-5-7-13(18)3/h5-9H,10H2,1-4H3,(H,20,21,22). The number of nitrogens with zero attached hydrogens (tertiary/aromatic N) is 1. The molecule has 24 heavy (non-hydrogen) atoms. The van der Waals surface area contributed by atoms with Gasteiger partial charge >= 0.3 is 0 Å². The number of hydrogen-bond acceptors (Lipinski definition) is 4. The zero-order valence-electron chi connectivity index (χ0n) is 14.3. The van der Waals surface area contributed by atoms with Gasteiger partial charge in [-0.2, -0.15) is 0 Å². The van der Waals surface area contributed by atoms with E-state index in [0.717, 1.165) is 32.7 Å². The van der Waals surface area contributed by atoms with E-state index in [1.807, 2.05) is 39.0 Å². The van der Waals surface area contributed by atoms with Gasteiger partial charge in [-0.05, 0) is 56.0 Å². The van der Waals surface area contributed by atoms with E-state index in [1.54, 1.807) is 0 Å². The second kappa shape index (κ2) is 6.61. The van der Waals surface area contributed by atoms with Crippen molar-refractivity contribution in [2.45, 2.75) is 27.7 Å². The van der Waals surface area contributed by atoms with E-state index in [1.165, 1.54) is 16.9 Å². The Morgan fingerprint density at radius 1 is 1.12 bits per heavy atom. The largest absolute Gasteiger partial charge is 0.483 e. The molecule has 0 saturated carbocycles. The number of rotatable bonds is 4. The summed E-state index contributed by atoms with van der Waals surface area (Å²) in [5.74, 6) is 0.564. The molecule has 0 atom stereocenters. The molecule has 1 amide bonds. The lowest BCUT2D eigenvalue weighted by atomic mass is 10.1. The van der Waals surface area contributed by atoms with Crippen molar-refractivity contribution in [1.29, 1.82) is 0 Å². The van der Waals surface area contributed by atoms with Crippen molar-refractivity contribution in [3.63, 3.8) is 0 Å². The molecule has 0 aliphatic heterocycles. The van der Waals surface area contributed by atoms with Crippen LogP contribution in [0.15, 0.2) is 30.3 Å². The first kappa shape index (κ1) is 16.5. The van der Waals surface area contributed by atoms with Crippen LogP contribution in [0, 0.1) is 27.7 Å². The Balaban J connectivity index is 1.70. The third-order valence-electron chi connectivity index (χ3n) is 3.83. The van der Waals surface area contributed by atoms with Gasteiger partial charge < -0.3 is 4.74 Å². The van der Waals surface area contributed by atoms with Crippen molar-refractivity contribution >= 4 is 32.6 Å². The van der Waals surface area contributed by atoms with Gasteiger partial charge in [0.1, 0.15) is 5.75 Å². The smallest absolute Gasteiger partial charge is 0.264 e. The number of nitrogens with one attached hydrogen (secondary N) is 1. The van der Waals surface area contributed by atoms with Crippen LogP contribution < -0.4 is 10.1 Å². The van der Waals surface area contributed by atoms with E-state index >= 15 is 0 Å². The summed E-state index contributed by atoms with van der Waals surface area (Å²) in [5, 5.41) is 3.44. The van der Waals surface area contributed by atoms with Crippen LogP contribution in [0.3, 0.4) is 0 Å². The third-order valence-corrected chi connectivity index (χ3v) is 4.75. The molecule has 1 heterocycles. The van der Waals surface area contributed by atoms with Crippen LogP contribution in [-0.4, -0.2) is 17.5 Å². The number of fused-ring (bicyclic) bond motifs is 1. The topological polar surface area (TPSA) is 51.2 Å². The highest BCUT2D eigenvalue weighted by Gasteiger charge is 2.11. The van der Waals surface area contributed by atoms with Crippen molar-refractivity contribution < 1.29 is 9.53 Å². The number of ether oxygens (including phenoxy) is 1. The first-order valence-corrected chi connectivity index (χ1v) is 8.62. The van der Waals surface area contributed by atoms with Crippen molar-refractivity contribution in [3.8, 4) is 5.75 Å². The van der Waals surface area contributed by atoms with Gasteiger partial charge in [0.15, 0.2) is 11.7 Å². The number of amides is 1. The highest BCUT2D eigenvalue weighted by molar-refractivity contribution is 7.22. The molecule has 2 aromatic carbocycles. The maximum absolute atomic E-state index is 12.2. The number of thiazole rings is 1. The molecule has 0 aliphatic rings.